The monoisotopic (exact) mass is 225 g/mol. The van der Waals surface area contributed by atoms with E-state index >= 15 is 0 Å². The predicted octanol–water partition coefficient (Wildman–Crippen LogP) is 3.36. The third kappa shape index (κ3) is 4.20. The maximum absolute atomic E-state index is 3.71. The molecule has 0 saturated carbocycles. The van der Waals surface area contributed by atoms with E-state index in [2.05, 4.69) is 23.2 Å². The van der Waals surface area contributed by atoms with E-state index in [1.165, 1.54) is 63.0 Å². The fourth-order valence-corrected chi connectivity index (χ4v) is 3.58. The molecule has 1 nitrogen and oxygen atoms in total. The van der Waals surface area contributed by atoms with Crippen molar-refractivity contribution in [2.24, 2.45) is 0 Å². The van der Waals surface area contributed by atoms with Crippen LogP contribution in [0.2, 0.25) is 0 Å². The van der Waals surface area contributed by atoms with Crippen molar-refractivity contribution in [3.63, 3.8) is 0 Å². The van der Waals surface area contributed by atoms with Crippen LogP contribution in [0.15, 0.2) is 11.6 Å². The molecule has 1 aliphatic carbocycles. The molecule has 86 valence electrons. The Bertz CT molecular complexity index is 207. The van der Waals surface area contributed by atoms with E-state index in [1.807, 2.05) is 0 Å². The Morgan fingerprint density at radius 2 is 2.13 bits per heavy atom. The summed E-state index contributed by atoms with van der Waals surface area (Å²) >= 11 is 2.11. The number of rotatable bonds is 4. The number of hydrogen-bond acceptors (Lipinski definition) is 2. The Hall–Kier alpha value is 0.0500. The summed E-state index contributed by atoms with van der Waals surface area (Å²) in [5.41, 5.74) is 1.71. The van der Waals surface area contributed by atoms with Gasteiger partial charge in [0.15, 0.2) is 0 Å². The molecule has 0 amide bonds. The lowest BCUT2D eigenvalue weighted by atomic mass is 9.97. The van der Waals surface area contributed by atoms with Gasteiger partial charge in [-0.05, 0) is 63.0 Å². The van der Waals surface area contributed by atoms with Crippen molar-refractivity contribution in [1.29, 1.82) is 0 Å². The van der Waals surface area contributed by atoms with Gasteiger partial charge < -0.3 is 5.32 Å². The first-order valence-electron chi connectivity index (χ1n) is 6.44. The first-order chi connectivity index (χ1) is 7.45. The molecule has 1 aliphatic heterocycles. The zero-order valence-corrected chi connectivity index (χ0v) is 10.5. The summed E-state index contributed by atoms with van der Waals surface area (Å²) in [5, 5.41) is 3.71. The highest BCUT2D eigenvalue weighted by Crippen LogP contribution is 2.20. The van der Waals surface area contributed by atoms with Gasteiger partial charge in [0.2, 0.25) is 0 Å². The molecule has 0 spiro atoms. The second-order valence-corrected chi connectivity index (χ2v) is 5.92. The lowest BCUT2D eigenvalue weighted by Crippen LogP contribution is -2.33. The molecule has 1 fully saturated rings. The van der Waals surface area contributed by atoms with E-state index in [-0.39, 0.29) is 0 Å². The normalized spacial score (nSPS) is 23.9. The van der Waals surface area contributed by atoms with Gasteiger partial charge in [0, 0.05) is 6.04 Å². The van der Waals surface area contributed by atoms with Gasteiger partial charge in [-0.2, -0.15) is 11.8 Å². The van der Waals surface area contributed by atoms with Gasteiger partial charge in [0.1, 0.15) is 0 Å². The molecule has 1 saturated heterocycles. The molecule has 2 rings (SSSR count). The molecular formula is C13H23NS. The van der Waals surface area contributed by atoms with Gasteiger partial charge in [-0.25, -0.2) is 0 Å². The summed E-state index contributed by atoms with van der Waals surface area (Å²) in [6.45, 7) is 1.21. The molecule has 0 aromatic heterocycles. The topological polar surface area (TPSA) is 12.0 Å². The summed E-state index contributed by atoms with van der Waals surface area (Å²) in [7, 11) is 0. The van der Waals surface area contributed by atoms with Crippen LogP contribution in [-0.4, -0.2) is 24.1 Å². The van der Waals surface area contributed by atoms with Gasteiger partial charge in [-0.1, -0.05) is 11.6 Å². The minimum atomic E-state index is 0.815. The van der Waals surface area contributed by atoms with Crippen molar-refractivity contribution in [3.8, 4) is 0 Å². The summed E-state index contributed by atoms with van der Waals surface area (Å²) < 4.78 is 0. The second-order valence-electron chi connectivity index (χ2n) is 4.70. The van der Waals surface area contributed by atoms with Crippen LogP contribution in [0.25, 0.3) is 0 Å². The summed E-state index contributed by atoms with van der Waals surface area (Å²) in [6.07, 6.45) is 12.1. The Morgan fingerprint density at radius 1 is 1.27 bits per heavy atom. The second kappa shape index (κ2) is 6.59. The molecule has 2 aliphatic rings. The van der Waals surface area contributed by atoms with Gasteiger partial charge >= 0.3 is 0 Å². The summed E-state index contributed by atoms with van der Waals surface area (Å²) in [5.74, 6) is 2.72. The van der Waals surface area contributed by atoms with Crippen molar-refractivity contribution < 1.29 is 0 Å². The lowest BCUT2D eigenvalue weighted by Gasteiger charge is -2.23. The Balaban J connectivity index is 1.59. The first kappa shape index (κ1) is 11.5. The first-order valence-corrected chi connectivity index (χ1v) is 7.59. The van der Waals surface area contributed by atoms with E-state index in [4.69, 9.17) is 0 Å². The predicted molar refractivity (Wildman–Crippen MR) is 69.5 cm³/mol. The van der Waals surface area contributed by atoms with Crippen molar-refractivity contribution in [2.45, 2.75) is 51.0 Å². The highest BCUT2D eigenvalue weighted by molar-refractivity contribution is 7.99. The highest BCUT2D eigenvalue weighted by atomic mass is 32.2. The molecule has 2 heteroatoms. The third-order valence-electron chi connectivity index (χ3n) is 3.49. The van der Waals surface area contributed by atoms with Gasteiger partial charge in [0.25, 0.3) is 0 Å². The smallest absolute Gasteiger partial charge is 0.00828 e. The quantitative estimate of drug-likeness (QED) is 0.736. The van der Waals surface area contributed by atoms with Crippen LogP contribution in [0.4, 0.5) is 0 Å². The summed E-state index contributed by atoms with van der Waals surface area (Å²) in [4.78, 5) is 0. The van der Waals surface area contributed by atoms with E-state index < -0.39 is 0 Å². The van der Waals surface area contributed by atoms with Crippen molar-refractivity contribution >= 4 is 11.8 Å². The number of allylic oxidation sites excluding steroid dienone is 1. The van der Waals surface area contributed by atoms with Crippen LogP contribution in [-0.2, 0) is 0 Å². The van der Waals surface area contributed by atoms with Crippen LogP contribution < -0.4 is 5.32 Å². The van der Waals surface area contributed by atoms with E-state index in [0.717, 1.165) is 6.04 Å². The zero-order valence-electron chi connectivity index (χ0n) is 9.63. The maximum Gasteiger partial charge on any atom is 0.00828 e. The Morgan fingerprint density at radius 3 is 2.87 bits per heavy atom. The number of hydrogen-bond donors (Lipinski definition) is 1. The molecule has 0 radical (unpaired) electrons. The molecule has 0 aromatic rings. The maximum atomic E-state index is 3.71. The molecule has 0 unspecified atom stereocenters. The van der Waals surface area contributed by atoms with E-state index in [1.54, 1.807) is 5.57 Å². The van der Waals surface area contributed by atoms with Crippen LogP contribution >= 0.6 is 11.8 Å². The molecule has 1 N–H and O–H groups in total. The molecule has 15 heavy (non-hydrogen) atoms. The SMILES string of the molecule is C1=C(CCNC2CCSCC2)CCCC1. The highest BCUT2D eigenvalue weighted by Gasteiger charge is 2.12. The number of thioether (sulfide) groups is 1. The van der Waals surface area contributed by atoms with Gasteiger partial charge in [-0.3, -0.25) is 0 Å². The molecule has 0 aromatic carbocycles. The third-order valence-corrected chi connectivity index (χ3v) is 4.53. The zero-order chi connectivity index (χ0) is 10.3. The molecule has 0 bridgehead atoms. The minimum absolute atomic E-state index is 0.815. The van der Waals surface area contributed by atoms with Crippen molar-refractivity contribution in [1.82, 2.24) is 5.32 Å². The fraction of sp³-hybridized carbons (Fsp3) is 0.846. The largest absolute Gasteiger partial charge is 0.314 e. The van der Waals surface area contributed by atoms with Crippen molar-refractivity contribution in [2.75, 3.05) is 18.1 Å². The standard InChI is InChI=1S/C13H23NS/c1-2-4-12(5-3-1)6-9-14-13-7-10-15-11-8-13/h4,13-14H,1-3,5-11H2. The molecular weight excluding hydrogens is 202 g/mol. The van der Waals surface area contributed by atoms with E-state index in [9.17, 15) is 0 Å². The van der Waals surface area contributed by atoms with E-state index in [0.29, 0.717) is 0 Å². The van der Waals surface area contributed by atoms with Crippen LogP contribution in [0, 0.1) is 0 Å². The van der Waals surface area contributed by atoms with Crippen LogP contribution in [0.1, 0.15) is 44.9 Å². The average molecular weight is 225 g/mol. The number of nitrogens with one attached hydrogen (secondary N) is 1. The van der Waals surface area contributed by atoms with Gasteiger partial charge in [0.05, 0.1) is 0 Å². The lowest BCUT2D eigenvalue weighted by molar-refractivity contribution is 0.482. The van der Waals surface area contributed by atoms with Gasteiger partial charge in [-0.15, -0.1) is 0 Å². The molecule has 0 atom stereocenters. The fourth-order valence-electron chi connectivity index (χ4n) is 2.47. The minimum Gasteiger partial charge on any atom is -0.314 e. The molecule has 1 heterocycles. The average Bonchev–Trinajstić information content (AvgIpc) is 2.32. The summed E-state index contributed by atoms with van der Waals surface area (Å²) in [6, 6.07) is 0.815. The Labute approximate surface area is 98.1 Å². The van der Waals surface area contributed by atoms with Crippen LogP contribution in [0.3, 0.4) is 0 Å². The van der Waals surface area contributed by atoms with Crippen molar-refractivity contribution in [3.05, 3.63) is 11.6 Å². The Kier molecular flexibility index (Phi) is 5.07. The van der Waals surface area contributed by atoms with Crippen LogP contribution in [0.5, 0.6) is 0 Å².